The predicted octanol–water partition coefficient (Wildman–Crippen LogP) is 0.376. The van der Waals surface area contributed by atoms with Crippen molar-refractivity contribution in [2.75, 3.05) is 35.7 Å². The highest BCUT2D eigenvalue weighted by atomic mass is 16.4. The van der Waals surface area contributed by atoms with E-state index in [0.29, 0.717) is 34.7 Å². The molecular weight excluding hydrogens is 596 g/mol. The lowest BCUT2D eigenvalue weighted by molar-refractivity contribution is -0.139. The van der Waals surface area contributed by atoms with Gasteiger partial charge in [0.2, 0.25) is 11.8 Å². The van der Waals surface area contributed by atoms with E-state index in [1.807, 2.05) is 11.9 Å². The van der Waals surface area contributed by atoms with Gasteiger partial charge in [-0.05, 0) is 60.5 Å². The Balaban J connectivity index is 1.14. The Labute approximate surface area is 260 Å². The summed E-state index contributed by atoms with van der Waals surface area (Å²) in [4.78, 5) is 56.1. The van der Waals surface area contributed by atoms with Crippen LogP contribution < -0.4 is 32.7 Å². The number of hydrogen-bond donors (Lipinski definition) is 7. The quantitative estimate of drug-likeness (QED) is 0.0727. The van der Waals surface area contributed by atoms with E-state index in [2.05, 4.69) is 51.2 Å². The van der Waals surface area contributed by atoms with Gasteiger partial charge in [-0.25, -0.2) is 14.8 Å². The average molecular weight is 627 g/mol. The van der Waals surface area contributed by atoms with Crippen molar-refractivity contribution in [1.82, 2.24) is 51.2 Å². The summed E-state index contributed by atoms with van der Waals surface area (Å²) in [7, 11) is 1.84. The lowest BCUT2D eigenvalue weighted by Crippen LogP contribution is -2.41. The van der Waals surface area contributed by atoms with Crippen molar-refractivity contribution in [2.24, 2.45) is 0 Å². The van der Waals surface area contributed by atoms with Crippen LogP contribution in [-0.2, 0) is 11.3 Å². The predicted molar refractivity (Wildman–Crippen MR) is 167 cm³/mol. The summed E-state index contributed by atoms with van der Waals surface area (Å²) in [6.45, 7) is 0.525. The molecule has 5 rings (SSSR count). The van der Waals surface area contributed by atoms with Crippen LogP contribution in [0.15, 0.2) is 48.7 Å². The number of tetrazole rings is 1. The third kappa shape index (κ3) is 7.18. The number of anilines is 4. The fourth-order valence-corrected chi connectivity index (χ4v) is 4.58. The number of carbonyl (C=O) groups excluding carboxylic acids is 2. The van der Waals surface area contributed by atoms with Crippen LogP contribution in [0, 0.1) is 0 Å². The fourth-order valence-electron chi connectivity index (χ4n) is 4.58. The van der Waals surface area contributed by atoms with Crippen molar-refractivity contribution in [3.05, 3.63) is 65.5 Å². The molecule has 2 amide bonds. The first-order chi connectivity index (χ1) is 22.1. The van der Waals surface area contributed by atoms with Gasteiger partial charge in [0.1, 0.15) is 6.04 Å². The first kappa shape index (κ1) is 31.0. The number of H-pyrrole nitrogens is 1. The van der Waals surface area contributed by atoms with Crippen molar-refractivity contribution < 1.29 is 19.5 Å². The number of nitrogens with two attached hydrogens (primary N) is 3. The summed E-state index contributed by atoms with van der Waals surface area (Å²) in [6, 6.07) is 10.1. The van der Waals surface area contributed by atoms with Gasteiger partial charge in [0.15, 0.2) is 17.0 Å². The molecular formula is C28H30N14O4. The lowest BCUT2D eigenvalue weighted by atomic mass is 10.0. The number of nitrogen functional groups attached to an aromatic ring is 3. The fraction of sp³-hybridized carbons (Fsp3) is 0.214. The molecule has 10 N–H and O–H groups in total. The van der Waals surface area contributed by atoms with Gasteiger partial charge in [0.05, 0.1) is 24.0 Å². The second kappa shape index (κ2) is 13.5. The maximum absolute atomic E-state index is 12.9. The summed E-state index contributed by atoms with van der Waals surface area (Å²) in [5, 5.41) is 28.6. The van der Waals surface area contributed by atoms with Crippen molar-refractivity contribution >= 4 is 52.1 Å². The number of hydrogen-bond acceptors (Lipinski definition) is 14. The summed E-state index contributed by atoms with van der Waals surface area (Å²) in [5.74, 6) is -1.81. The molecule has 3 aromatic heterocycles. The molecule has 5 aromatic rings. The molecule has 0 radical (unpaired) electrons. The molecule has 18 heteroatoms. The molecule has 46 heavy (non-hydrogen) atoms. The molecule has 0 fully saturated rings. The van der Waals surface area contributed by atoms with Crippen LogP contribution in [0.25, 0.3) is 22.6 Å². The summed E-state index contributed by atoms with van der Waals surface area (Å²) in [5.41, 5.74) is 20.8. The molecule has 0 aliphatic heterocycles. The minimum atomic E-state index is -1.20. The van der Waals surface area contributed by atoms with E-state index in [9.17, 15) is 19.5 Å². The van der Waals surface area contributed by atoms with Gasteiger partial charge in [0, 0.05) is 36.1 Å². The van der Waals surface area contributed by atoms with Crippen LogP contribution in [0.3, 0.4) is 0 Å². The first-order valence-electron chi connectivity index (χ1n) is 13.9. The van der Waals surface area contributed by atoms with Crippen LogP contribution >= 0.6 is 0 Å². The number of rotatable bonds is 12. The molecule has 0 bridgehead atoms. The topological polar surface area (TPSA) is 283 Å². The van der Waals surface area contributed by atoms with Gasteiger partial charge < -0.3 is 37.8 Å². The summed E-state index contributed by atoms with van der Waals surface area (Å²) in [6.07, 6.45) is 1.92. The van der Waals surface area contributed by atoms with Gasteiger partial charge >= 0.3 is 5.97 Å². The summed E-state index contributed by atoms with van der Waals surface area (Å²) >= 11 is 0. The number of nitrogens with one attached hydrogen (secondary N) is 3. The van der Waals surface area contributed by atoms with Gasteiger partial charge in [-0.3, -0.25) is 9.59 Å². The van der Waals surface area contributed by atoms with Crippen LogP contribution in [-0.4, -0.2) is 83.1 Å². The van der Waals surface area contributed by atoms with E-state index >= 15 is 0 Å². The minimum absolute atomic E-state index is 0.0129. The standard InChI is InChI=1S/C28H30N14O4/c1-42(13-16-12-33-24-21(34-16)22(30)36-28(31)37-24)17-7-4-14(5-8-17)25(43)35-20(27(45)46)3-2-10-32-26(44)18-9-6-15(29)11-19(18)23-38-40-41-39-23/h4-9,11-12,20H,2-3,10,13,29H2,1H3,(H,32,44)(H,35,43)(H,45,46)(H,38,39,40,41)(H4,30,31,33,36,37)/t20-/m0/s1. The van der Waals surface area contributed by atoms with E-state index in [-0.39, 0.29) is 48.1 Å². The number of aliphatic carboxylic acids is 1. The molecule has 0 aliphatic rings. The number of aromatic amines is 1. The van der Waals surface area contributed by atoms with Gasteiger partial charge in [-0.15, -0.1) is 10.2 Å². The Hall–Kier alpha value is -6.46. The van der Waals surface area contributed by atoms with Crippen LogP contribution in [0.2, 0.25) is 0 Å². The number of carboxylic acid groups (broad SMARTS) is 1. The lowest BCUT2D eigenvalue weighted by Gasteiger charge is -2.19. The zero-order valence-electron chi connectivity index (χ0n) is 24.5. The van der Waals surface area contributed by atoms with Crippen molar-refractivity contribution in [1.29, 1.82) is 0 Å². The second-order valence-electron chi connectivity index (χ2n) is 10.2. The molecule has 0 saturated carbocycles. The monoisotopic (exact) mass is 626 g/mol. The van der Waals surface area contributed by atoms with Crippen LogP contribution in [0.4, 0.5) is 23.1 Å². The van der Waals surface area contributed by atoms with Crippen molar-refractivity contribution in [3.63, 3.8) is 0 Å². The zero-order valence-corrected chi connectivity index (χ0v) is 24.5. The number of benzene rings is 2. The Kier molecular flexibility index (Phi) is 9.06. The van der Waals surface area contributed by atoms with E-state index < -0.39 is 23.8 Å². The molecule has 3 heterocycles. The van der Waals surface area contributed by atoms with E-state index in [4.69, 9.17) is 17.2 Å². The molecule has 236 valence electrons. The minimum Gasteiger partial charge on any atom is -0.480 e. The van der Waals surface area contributed by atoms with Gasteiger partial charge in [-0.1, -0.05) is 0 Å². The van der Waals surface area contributed by atoms with E-state index in [0.717, 1.165) is 5.69 Å². The Morgan fingerprint density at radius 1 is 1.02 bits per heavy atom. The average Bonchev–Trinajstić information content (AvgIpc) is 3.57. The highest BCUT2D eigenvalue weighted by Gasteiger charge is 2.21. The smallest absolute Gasteiger partial charge is 0.326 e. The SMILES string of the molecule is CN(Cc1cnc2nc(N)nc(N)c2n1)c1ccc(C(=O)N[C@@H](CCCNC(=O)c2ccc(N)cc2-c2nn[nH]n2)C(=O)O)cc1. The molecule has 0 saturated heterocycles. The molecule has 1 atom stereocenters. The van der Waals surface area contributed by atoms with Crippen LogP contribution in [0.1, 0.15) is 39.3 Å². The van der Waals surface area contributed by atoms with Gasteiger partial charge in [0.25, 0.3) is 11.8 Å². The Bertz CT molecular complexity index is 1880. The molecule has 0 spiro atoms. The Morgan fingerprint density at radius 2 is 1.80 bits per heavy atom. The van der Waals surface area contributed by atoms with Crippen molar-refractivity contribution in [3.8, 4) is 11.4 Å². The van der Waals surface area contributed by atoms with Crippen molar-refractivity contribution in [2.45, 2.75) is 25.4 Å². The number of carboxylic acids is 1. The largest absolute Gasteiger partial charge is 0.480 e. The molecule has 2 aromatic carbocycles. The third-order valence-corrected chi connectivity index (χ3v) is 6.90. The zero-order chi connectivity index (χ0) is 32.8. The molecule has 18 nitrogen and oxygen atoms in total. The normalized spacial score (nSPS) is 11.6. The van der Waals surface area contributed by atoms with E-state index in [1.165, 1.54) is 0 Å². The maximum Gasteiger partial charge on any atom is 0.326 e. The number of amides is 2. The number of carbonyl (C=O) groups is 3. The number of aromatic nitrogens is 8. The third-order valence-electron chi connectivity index (χ3n) is 6.90. The van der Waals surface area contributed by atoms with Crippen LogP contribution in [0.5, 0.6) is 0 Å². The van der Waals surface area contributed by atoms with Gasteiger partial charge in [-0.2, -0.15) is 15.2 Å². The maximum atomic E-state index is 12.9. The molecule has 0 aliphatic carbocycles. The highest BCUT2D eigenvalue weighted by molar-refractivity contribution is 6.00. The number of nitrogens with zero attached hydrogens (tertiary/aromatic N) is 8. The first-order valence-corrected chi connectivity index (χ1v) is 13.9. The van der Waals surface area contributed by atoms with E-state index in [1.54, 1.807) is 48.7 Å². The highest BCUT2D eigenvalue weighted by Crippen LogP contribution is 2.23. The molecule has 0 unspecified atom stereocenters. The number of fused-ring (bicyclic) bond motifs is 1. The Morgan fingerprint density at radius 3 is 2.52 bits per heavy atom. The summed E-state index contributed by atoms with van der Waals surface area (Å²) < 4.78 is 0. The second-order valence-corrected chi connectivity index (χ2v) is 10.2.